The molecule has 2 aromatic rings. The molecule has 194 valence electrons. The normalized spacial score (nSPS) is 31.5. The SMILES string of the molecule is CCOC(=O)C(NP1(=O)OC[C@H]2O[C@@H](n3cnc4c(OCC)nc(N)nc43)[C@](C)(F)[C@@H]2O1)C(C)C. The third kappa shape index (κ3) is 4.73. The van der Waals surface area contributed by atoms with E-state index in [-0.39, 0.29) is 42.1 Å². The van der Waals surface area contributed by atoms with Crippen molar-refractivity contribution < 1.29 is 37.0 Å². The van der Waals surface area contributed by atoms with Crippen LogP contribution in [0.3, 0.4) is 0 Å². The van der Waals surface area contributed by atoms with Gasteiger partial charge >= 0.3 is 13.7 Å². The number of nitrogen functional groups attached to an aromatic ring is 1. The average molecular weight is 516 g/mol. The van der Waals surface area contributed by atoms with Crippen LogP contribution in [0.15, 0.2) is 6.33 Å². The first-order valence-electron chi connectivity index (χ1n) is 11.3. The van der Waals surface area contributed by atoms with Crippen molar-refractivity contribution in [2.24, 2.45) is 5.92 Å². The highest BCUT2D eigenvalue weighted by atomic mass is 31.2. The van der Waals surface area contributed by atoms with Crippen LogP contribution in [0.4, 0.5) is 10.3 Å². The molecule has 4 heterocycles. The quantitative estimate of drug-likeness (QED) is 0.389. The lowest BCUT2D eigenvalue weighted by Gasteiger charge is -2.36. The maximum absolute atomic E-state index is 16.3. The van der Waals surface area contributed by atoms with Crippen LogP contribution >= 0.6 is 7.75 Å². The van der Waals surface area contributed by atoms with Gasteiger partial charge in [-0.2, -0.15) is 9.97 Å². The number of carbonyl (C=O) groups is 1. The number of fused-ring (bicyclic) bond motifs is 2. The highest BCUT2D eigenvalue weighted by Crippen LogP contribution is 2.57. The Morgan fingerprint density at radius 2 is 2.14 bits per heavy atom. The number of rotatable bonds is 8. The number of anilines is 1. The average Bonchev–Trinajstić information content (AvgIpc) is 3.30. The Hall–Kier alpha value is -2.38. The Morgan fingerprint density at radius 1 is 1.40 bits per heavy atom. The lowest BCUT2D eigenvalue weighted by Crippen LogP contribution is -2.48. The van der Waals surface area contributed by atoms with Crippen molar-refractivity contribution in [3.8, 4) is 5.88 Å². The van der Waals surface area contributed by atoms with Gasteiger partial charge in [0.1, 0.15) is 18.2 Å². The third-order valence-electron chi connectivity index (χ3n) is 5.79. The molecular weight excluding hydrogens is 486 g/mol. The van der Waals surface area contributed by atoms with E-state index in [9.17, 15) is 9.36 Å². The number of nitrogens with two attached hydrogens (primary N) is 1. The lowest BCUT2D eigenvalue weighted by molar-refractivity contribution is -0.146. The van der Waals surface area contributed by atoms with Crippen molar-refractivity contribution in [2.45, 2.75) is 64.8 Å². The summed E-state index contributed by atoms with van der Waals surface area (Å²) in [7, 11) is -4.09. The monoisotopic (exact) mass is 516 g/mol. The minimum Gasteiger partial charge on any atom is -0.476 e. The number of nitrogens with zero attached hydrogens (tertiary/aromatic N) is 4. The second kappa shape index (κ2) is 9.58. The van der Waals surface area contributed by atoms with Gasteiger partial charge in [0.2, 0.25) is 11.8 Å². The standard InChI is InChI=1S/C20H30FN6O7P/c1-6-30-16-13-15(24-19(22)25-16)27(9-23-13)18-20(5,21)14-11(33-18)8-32-35(29,34-14)26-12(10(3)4)17(28)31-7-2/h9-12,14,18H,6-8H2,1-5H3,(H,26,29)(H2,22,24,25)/t11-,12?,14-,18-,20-,35?/m1/s1. The zero-order chi connectivity index (χ0) is 25.5. The summed E-state index contributed by atoms with van der Waals surface area (Å²) in [6.07, 6.45) is -2.08. The van der Waals surface area contributed by atoms with Crippen LogP contribution in [0.1, 0.15) is 40.8 Å². The summed E-state index contributed by atoms with van der Waals surface area (Å²) in [4.78, 5) is 24.8. The van der Waals surface area contributed by atoms with Crippen molar-refractivity contribution >= 4 is 30.8 Å². The van der Waals surface area contributed by atoms with Crippen LogP contribution in [-0.2, 0) is 27.9 Å². The summed E-state index contributed by atoms with van der Waals surface area (Å²) in [5, 5.41) is 2.62. The van der Waals surface area contributed by atoms with Crippen molar-refractivity contribution in [1.29, 1.82) is 0 Å². The molecule has 35 heavy (non-hydrogen) atoms. The lowest BCUT2D eigenvalue weighted by atomic mass is 9.98. The van der Waals surface area contributed by atoms with Gasteiger partial charge < -0.3 is 19.9 Å². The molecule has 0 amide bonds. The Balaban J connectivity index is 1.61. The zero-order valence-corrected chi connectivity index (χ0v) is 21.0. The summed E-state index contributed by atoms with van der Waals surface area (Å²) >= 11 is 0. The zero-order valence-electron chi connectivity index (χ0n) is 20.1. The predicted molar refractivity (Wildman–Crippen MR) is 121 cm³/mol. The molecule has 0 bridgehead atoms. The van der Waals surface area contributed by atoms with E-state index in [0.29, 0.717) is 6.61 Å². The molecule has 2 unspecified atom stereocenters. The van der Waals surface area contributed by atoms with E-state index in [0.717, 1.165) is 0 Å². The fourth-order valence-electron chi connectivity index (χ4n) is 4.12. The van der Waals surface area contributed by atoms with Gasteiger partial charge in [0.05, 0.1) is 26.1 Å². The van der Waals surface area contributed by atoms with Crippen molar-refractivity contribution in [2.75, 3.05) is 25.6 Å². The van der Waals surface area contributed by atoms with Gasteiger partial charge in [-0.15, -0.1) is 0 Å². The van der Waals surface area contributed by atoms with E-state index in [1.807, 2.05) is 0 Å². The maximum Gasteiger partial charge on any atom is 0.406 e. The number of hydrogen-bond acceptors (Lipinski definition) is 11. The minimum atomic E-state index is -4.09. The Morgan fingerprint density at radius 3 is 2.80 bits per heavy atom. The second-order valence-corrected chi connectivity index (χ2v) is 10.5. The van der Waals surface area contributed by atoms with E-state index in [1.165, 1.54) is 17.8 Å². The number of imidazole rings is 1. The van der Waals surface area contributed by atoms with Crippen molar-refractivity contribution in [1.82, 2.24) is 24.6 Å². The molecule has 13 nitrogen and oxygen atoms in total. The minimum absolute atomic E-state index is 0.0781. The molecule has 4 rings (SSSR count). The van der Waals surface area contributed by atoms with Crippen LogP contribution in [0, 0.1) is 5.92 Å². The molecule has 2 aliphatic heterocycles. The smallest absolute Gasteiger partial charge is 0.406 e. The van der Waals surface area contributed by atoms with Crippen LogP contribution in [-0.4, -0.2) is 69.2 Å². The molecule has 2 fully saturated rings. The first-order chi connectivity index (χ1) is 16.5. The summed E-state index contributed by atoms with van der Waals surface area (Å²) in [5.41, 5.74) is 4.11. The fourth-order valence-corrected chi connectivity index (χ4v) is 6.04. The van der Waals surface area contributed by atoms with Gasteiger partial charge in [-0.1, -0.05) is 13.8 Å². The van der Waals surface area contributed by atoms with Gasteiger partial charge in [-0.3, -0.25) is 18.4 Å². The summed E-state index contributed by atoms with van der Waals surface area (Å²) in [6, 6.07) is -0.976. The Kier molecular flexibility index (Phi) is 7.04. The number of alkyl halides is 1. The number of ether oxygens (including phenoxy) is 3. The van der Waals surface area contributed by atoms with Crippen LogP contribution < -0.4 is 15.6 Å². The molecule has 0 aromatic carbocycles. The molecular formula is C20H30FN6O7P. The maximum atomic E-state index is 16.3. The molecule has 2 aliphatic rings. The Labute approximate surface area is 201 Å². The van der Waals surface area contributed by atoms with E-state index in [2.05, 4.69) is 20.0 Å². The summed E-state index contributed by atoms with van der Waals surface area (Å²) < 4.78 is 58.6. The number of carbonyl (C=O) groups excluding carboxylic acids is 1. The highest BCUT2D eigenvalue weighted by Gasteiger charge is 2.61. The number of halogens is 1. The highest BCUT2D eigenvalue weighted by molar-refractivity contribution is 7.51. The van der Waals surface area contributed by atoms with Crippen LogP contribution in [0.5, 0.6) is 5.88 Å². The number of hydrogen-bond donors (Lipinski definition) is 2. The fraction of sp³-hybridized carbons (Fsp3) is 0.700. The molecule has 3 N–H and O–H groups in total. The van der Waals surface area contributed by atoms with Gasteiger partial charge in [0.25, 0.3) is 0 Å². The van der Waals surface area contributed by atoms with Gasteiger partial charge in [-0.25, -0.2) is 19.0 Å². The molecule has 0 aliphatic carbocycles. The van der Waals surface area contributed by atoms with Crippen molar-refractivity contribution in [3.05, 3.63) is 6.33 Å². The first-order valence-corrected chi connectivity index (χ1v) is 12.9. The number of aromatic nitrogens is 4. The molecule has 15 heteroatoms. The molecule has 6 atom stereocenters. The van der Waals surface area contributed by atoms with Crippen molar-refractivity contribution in [3.63, 3.8) is 0 Å². The molecule has 2 aromatic heterocycles. The molecule has 0 radical (unpaired) electrons. The van der Waals surface area contributed by atoms with Gasteiger partial charge in [0.15, 0.2) is 23.1 Å². The predicted octanol–water partition coefficient (Wildman–Crippen LogP) is 2.13. The van der Waals surface area contributed by atoms with Crippen LogP contribution in [0.25, 0.3) is 11.2 Å². The Bertz CT molecular complexity index is 1140. The van der Waals surface area contributed by atoms with E-state index in [4.69, 9.17) is 29.0 Å². The van der Waals surface area contributed by atoms with Crippen LogP contribution in [0.2, 0.25) is 0 Å². The topological polar surface area (TPSA) is 162 Å². The second-order valence-electron chi connectivity index (χ2n) is 8.74. The van der Waals surface area contributed by atoms with E-state index >= 15 is 4.39 Å². The molecule has 0 saturated carbocycles. The first kappa shape index (κ1) is 25.7. The van der Waals surface area contributed by atoms with Gasteiger partial charge in [0, 0.05) is 0 Å². The third-order valence-corrected chi connectivity index (χ3v) is 7.37. The number of esters is 1. The van der Waals surface area contributed by atoms with E-state index in [1.54, 1.807) is 27.7 Å². The molecule has 2 saturated heterocycles. The summed E-state index contributed by atoms with van der Waals surface area (Å²) in [6.45, 7) is 8.44. The van der Waals surface area contributed by atoms with Gasteiger partial charge in [-0.05, 0) is 26.7 Å². The molecule has 0 spiro atoms. The van der Waals surface area contributed by atoms with E-state index < -0.39 is 43.9 Å². The largest absolute Gasteiger partial charge is 0.476 e. The number of nitrogens with one attached hydrogen (secondary N) is 1. The summed E-state index contributed by atoms with van der Waals surface area (Å²) in [5.74, 6) is -0.818.